The van der Waals surface area contributed by atoms with Gasteiger partial charge in [0.15, 0.2) is 9.84 Å². The smallest absolute Gasteiger partial charge is 0.157 e. The van der Waals surface area contributed by atoms with E-state index in [4.69, 9.17) is 4.42 Å². The second kappa shape index (κ2) is 7.27. The minimum atomic E-state index is -3.04. The molecule has 1 aliphatic rings. The molecule has 0 amide bonds. The molecule has 1 aromatic heterocycles. The third-order valence-electron chi connectivity index (χ3n) is 3.77. The van der Waals surface area contributed by atoms with E-state index >= 15 is 0 Å². The first kappa shape index (κ1) is 15.6. The van der Waals surface area contributed by atoms with Gasteiger partial charge in [-0.3, -0.25) is 0 Å². The zero-order chi connectivity index (χ0) is 14.4. The van der Waals surface area contributed by atoms with Gasteiger partial charge in [0.05, 0.1) is 12.3 Å². The minimum absolute atomic E-state index is 0.0390. The summed E-state index contributed by atoms with van der Waals surface area (Å²) < 4.78 is 29.9. The molecule has 2 rings (SSSR count). The predicted octanol–water partition coefficient (Wildman–Crippen LogP) is 2.88. The Morgan fingerprint density at radius 2 is 1.95 bits per heavy atom. The fraction of sp³-hybridized carbons (Fsp3) is 0.733. The average Bonchev–Trinajstić information content (AvgIpc) is 3.01. The van der Waals surface area contributed by atoms with Gasteiger partial charge in [-0.25, -0.2) is 8.42 Å². The van der Waals surface area contributed by atoms with Crippen molar-refractivity contribution < 1.29 is 12.8 Å². The molecule has 1 heterocycles. The molecular weight excluding hydrogens is 274 g/mol. The standard InChI is InChI=1S/C15H25NO3S/c1-2-9-16-10-14-7-8-15(19-14)12-20(17,18)11-13-5-3-4-6-13/h7-8,13,16H,2-6,9-12H2,1H3. The Hall–Kier alpha value is -0.810. The van der Waals surface area contributed by atoms with E-state index in [0.29, 0.717) is 24.0 Å². The van der Waals surface area contributed by atoms with Gasteiger partial charge in [-0.15, -0.1) is 0 Å². The predicted molar refractivity (Wildman–Crippen MR) is 80.2 cm³/mol. The summed E-state index contributed by atoms with van der Waals surface area (Å²) in [5.41, 5.74) is 0. The van der Waals surface area contributed by atoms with E-state index < -0.39 is 9.84 Å². The fourth-order valence-electron chi connectivity index (χ4n) is 2.80. The molecule has 1 aliphatic carbocycles. The molecule has 0 unspecified atom stereocenters. The molecule has 4 nitrogen and oxygen atoms in total. The van der Waals surface area contributed by atoms with Crippen molar-refractivity contribution in [2.24, 2.45) is 5.92 Å². The van der Waals surface area contributed by atoms with E-state index in [1.807, 2.05) is 6.07 Å². The van der Waals surface area contributed by atoms with Gasteiger partial charge in [0.2, 0.25) is 0 Å². The number of sulfone groups is 1. The first-order chi connectivity index (χ1) is 9.59. The quantitative estimate of drug-likeness (QED) is 0.750. The molecule has 0 radical (unpaired) electrons. The SMILES string of the molecule is CCCNCc1ccc(CS(=O)(=O)CC2CCCC2)o1. The van der Waals surface area contributed by atoms with Crippen molar-refractivity contribution in [3.8, 4) is 0 Å². The van der Waals surface area contributed by atoms with Gasteiger partial charge in [0.25, 0.3) is 0 Å². The third-order valence-corrected chi connectivity index (χ3v) is 5.47. The summed E-state index contributed by atoms with van der Waals surface area (Å²) in [6.07, 6.45) is 5.54. The van der Waals surface area contributed by atoms with Gasteiger partial charge in [0.1, 0.15) is 17.3 Å². The Bertz CT molecular complexity index is 501. The van der Waals surface area contributed by atoms with Crippen LogP contribution in [0.4, 0.5) is 0 Å². The summed E-state index contributed by atoms with van der Waals surface area (Å²) in [6.45, 7) is 3.71. The van der Waals surface area contributed by atoms with E-state index in [0.717, 1.165) is 31.6 Å². The van der Waals surface area contributed by atoms with E-state index in [1.54, 1.807) is 6.07 Å². The Balaban J connectivity index is 1.85. The first-order valence-corrected chi connectivity index (χ1v) is 9.40. The van der Waals surface area contributed by atoms with Crippen molar-refractivity contribution >= 4 is 9.84 Å². The molecule has 0 spiro atoms. The van der Waals surface area contributed by atoms with E-state index in [1.165, 1.54) is 12.8 Å². The average molecular weight is 299 g/mol. The van der Waals surface area contributed by atoms with Gasteiger partial charge in [-0.2, -0.15) is 0 Å². The maximum atomic E-state index is 12.1. The Labute approximate surface area is 121 Å². The van der Waals surface area contributed by atoms with Gasteiger partial charge < -0.3 is 9.73 Å². The van der Waals surface area contributed by atoms with E-state index in [2.05, 4.69) is 12.2 Å². The molecule has 1 N–H and O–H groups in total. The molecule has 0 saturated heterocycles. The fourth-order valence-corrected chi connectivity index (χ4v) is 4.55. The van der Waals surface area contributed by atoms with Crippen molar-refractivity contribution in [2.75, 3.05) is 12.3 Å². The van der Waals surface area contributed by atoms with Crippen LogP contribution in [0.1, 0.15) is 50.5 Å². The highest BCUT2D eigenvalue weighted by molar-refractivity contribution is 7.90. The highest BCUT2D eigenvalue weighted by Crippen LogP contribution is 2.27. The summed E-state index contributed by atoms with van der Waals surface area (Å²) in [5.74, 6) is 2.09. The van der Waals surface area contributed by atoms with Gasteiger partial charge in [-0.1, -0.05) is 19.8 Å². The number of furan rings is 1. The van der Waals surface area contributed by atoms with Crippen LogP contribution in [-0.2, 0) is 22.1 Å². The molecule has 0 aromatic carbocycles. The number of hydrogen-bond donors (Lipinski definition) is 1. The lowest BCUT2D eigenvalue weighted by atomic mass is 10.1. The highest BCUT2D eigenvalue weighted by atomic mass is 32.2. The number of hydrogen-bond acceptors (Lipinski definition) is 4. The second-order valence-electron chi connectivity index (χ2n) is 5.75. The zero-order valence-electron chi connectivity index (χ0n) is 12.2. The zero-order valence-corrected chi connectivity index (χ0v) is 13.0. The molecular formula is C15H25NO3S. The number of rotatable bonds is 8. The van der Waals surface area contributed by atoms with Gasteiger partial charge in [0, 0.05) is 0 Å². The van der Waals surface area contributed by atoms with Crippen LogP contribution < -0.4 is 5.32 Å². The molecule has 0 atom stereocenters. The van der Waals surface area contributed by atoms with Crippen LogP contribution in [0.3, 0.4) is 0 Å². The maximum Gasteiger partial charge on any atom is 0.157 e. The summed E-state index contributed by atoms with van der Waals surface area (Å²) >= 11 is 0. The van der Waals surface area contributed by atoms with Crippen molar-refractivity contribution in [1.82, 2.24) is 5.32 Å². The van der Waals surface area contributed by atoms with Crippen molar-refractivity contribution in [3.05, 3.63) is 23.7 Å². The summed E-state index contributed by atoms with van der Waals surface area (Å²) in [4.78, 5) is 0. The van der Waals surface area contributed by atoms with E-state index in [9.17, 15) is 8.42 Å². The lowest BCUT2D eigenvalue weighted by Crippen LogP contribution is -2.15. The minimum Gasteiger partial charge on any atom is -0.464 e. The lowest BCUT2D eigenvalue weighted by Gasteiger charge is -2.08. The second-order valence-corrected chi connectivity index (χ2v) is 7.86. The Morgan fingerprint density at radius 1 is 1.25 bits per heavy atom. The van der Waals surface area contributed by atoms with Gasteiger partial charge in [-0.05, 0) is 43.9 Å². The molecule has 0 bridgehead atoms. The van der Waals surface area contributed by atoms with Gasteiger partial charge >= 0.3 is 0 Å². The van der Waals surface area contributed by atoms with Crippen LogP contribution in [0, 0.1) is 5.92 Å². The largest absolute Gasteiger partial charge is 0.464 e. The van der Waals surface area contributed by atoms with Crippen LogP contribution in [0.2, 0.25) is 0 Å². The Morgan fingerprint density at radius 3 is 2.65 bits per heavy atom. The molecule has 1 aromatic rings. The molecule has 114 valence electrons. The maximum absolute atomic E-state index is 12.1. The van der Waals surface area contributed by atoms with Crippen molar-refractivity contribution in [2.45, 2.75) is 51.3 Å². The summed E-state index contributed by atoms with van der Waals surface area (Å²) in [7, 11) is -3.04. The molecule has 5 heteroatoms. The normalized spacial score (nSPS) is 16.9. The molecule has 1 saturated carbocycles. The molecule has 20 heavy (non-hydrogen) atoms. The first-order valence-electron chi connectivity index (χ1n) is 7.58. The summed E-state index contributed by atoms with van der Waals surface area (Å²) in [5, 5.41) is 3.24. The topological polar surface area (TPSA) is 59.3 Å². The van der Waals surface area contributed by atoms with Crippen LogP contribution in [0.15, 0.2) is 16.5 Å². The third kappa shape index (κ3) is 4.94. The van der Waals surface area contributed by atoms with E-state index in [-0.39, 0.29) is 5.75 Å². The monoisotopic (exact) mass is 299 g/mol. The van der Waals surface area contributed by atoms with Crippen molar-refractivity contribution in [3.63, 3.8) is 0 Å². The molecule has 0 aliphatic heterocycles. The van der Waals surface area contributed by atoms with Crippen LogP contribution >= 0.6 is 0 Å². The summed E-state index contributed by atoms with van der Waals surface area (Å²) in [6, 6.07) is 3.65. The molecule has 1 fully saturated rings. The number of nitrogens with one attached hydrogen (secondary N) is 1. The van der Waals surface area contributed by atoms with Crippen LogP contribution in [-0.4, -0.2) is 20.7 Å². The lowest BCUT2D eigenvalue weighted by molar-refractivity contribution is 0.455. The Kier molecular flexibility index (Phi) is 5.66. The van der Waals surface area contributed by atoms with Crippen molar-refractivity contribution in [1.29, 1.82) is 0 Å². The highest BCUT2D eigenvalue weighted by Gasteiger charge is 2.23. The van der Waals surface area contributed by atoms with Crippen LogP contribution in [0.5, 0.6) is 0 Å². The van der Waals surface area contributed by atoms with Crippen LogP contribution in [0.25, 0.3) is 0 Å².